The lowest BCUT2D eigenvalue weighted by Gasteiger charge is -2.33. The van der Waals surface area contributed by atoms with Gasteiger partial charge in [-0.05, 0) is 32.3 Å². The molecule has 2 aliphatic rings. The molecule has 0 spiro atoms. The molecule has 0 radical (unpaired) electrons. The molecule has 7 nitrogen and oxygen atoms in total. The molecule has 0 N–H and O–H groups in total. The highest BCUT2D eigenvalue weighted by atomic mass is 16.5. The van der Waals surface area contributed by atoms with Crippen molar-refractivity contribution < 1.29 is 19.0 Å². The summed E-state index contributed by atoms with van der Waals surface area (Å²) in [5, 5.41) is 9.80. The fraction of sp³-hybridized carbons (Fsp3) is 0.667. The van der Waals surface area contributed by atoms with Crippen molar-refractivity contribution in [3.63, 3.8) is 0 Å². The van der Waals surface area contributed by atoms with Gasteiger partial charge in [0, 0.05) is 25.1 Å². The van der Waals surface area contributed by atoms with E-state index < -0.39 is 0 Å². The second-order valence-corrected chi connectivity index (χ2v) is 7.92. The molecule has 1 fully saturated rings. The summed E-state index contributed by atoms with van der Waals surface area (Å²) >= 11 is 0. The van der Waals surface area contributed by atoms with Gasteiger partial charge in [-0.3, -0.25) is 4.79 Å². The molecule has 0 aliphatic carbocycles. The van der Waals surface area contributed by atoms with Gasteiger partial charge < -0.3 is 19.1 Å². The number of fused-ring (bicyclic) bond motifs is 1. The average Bonchev–Trinajstić information content (AvgIpc) is 2.69. The number of hydrogen-bond donors (Lipinski definition) is 0. The maximum atomic E-state index is 12.4. The van der Waals surface area contributed by atoms with Crippen molar-refractivity contribution in [1.82, 2.24) is 9.88 Å². The molecule has 0 atom stereocenters. The Kier molecular flexibility index (Phi) is 6.53. The van der Waals surface area contributed by atoms with Crippen LogP contribution in [0.5, 0.6) is 5.88 Å². The minimum Gasteiger partial charge on any atom is -0.467 e. The van der Waals surface area contributed by atoms with E-state index in [2.05, 4.69) is 18.0 Å². The SMILES string of the molecule is CCCCc1nc(OCC(=O)N2CCOCC2)c(C#N)c2c1COC(C)(C)C2. The first kappa shape index (κ1) is 20.6. The summed E-state index contributed by atoms with van der Waals surface area (Å²) in [4.78, 5) is 18.8. The Bertz CT molecular complexity index is 764. The van der Waals surface area contributed by atoms with Crippen molar-refractivity contribution in [2.45, 2.75) is 58.7 Å². The molecule has 0 unspecified atom stereocenters. The molecule has 2 aliphatic heterocycles. The quantitative estimate of drug-likeness (QED) is 0.745. The highest BCUT2D eigenvalue weighted by molar-refractivity contribution is 5.78. The van der Waals surface area contributed by atoms with Crippen LogP contribution in [0, 0.1) is 11.3 Å². The number of carbonyl (C=O) groups excluding carboxylic acids is 1. The van der Waals surface area contributed by atoms with Crippen molar-refractivity contribution in [2.24, 2.45) is 0 Å². The molecular formula is C21H29N3O4. The maximum absolute atomic E-state index is 12.4. The van der Waals surface area contributed by atoms with Crippen LogP contribution in [0.4, 0.5) is 0 Å². The lowest BCUT2D eigenvalue weighted by atomic mass is 9.87. The van der Waals surface area contributed by atoms with Crippen LogP contribution in [0.2, 0.25) is 0 Å². The summed E-state index contributed by atoms with van der Waals surface area (Å²) in [7, 11) is 0. The van der Waals surface area contributed by atoms with E-state index in [-0.39, 0.29) is 24.0 Å². The minimum atomic E-state index is -0.344. The Morgan fingerprint density at radius 2 is 2.07 bits per heavy atom. The minimum absolute atomic E-state index is 0.106. The third kappa shape index (κ3) is 4.62. The first-order valence-corrected chi connectivity index (χ1v) is 10.0. The Morgan fingerprint density at radius 3 is 2.75 bits per heavy atom. The number of unbranched alkanes of at least 4 members (excludes halogenated alkanes) is 1. The van der Waals surface area contributed by atoms with Crippen LogP contribution in [-0.2, 0) is 33.7 Å². The standard InChI is InChI=1S/C21H29N3O4/c1-4-5-6-18-17-13-28-21(2,3)11-15(17)16(12-22)20(23-18)27-14-19(25)24-7-9-26-10-8-24/h4-11,13-14H2,1-3H3. The van der Waals surface area contributed by atoms with E-state index in [1.165, 1.54) is 0 Å². The third-order valence-electron chi connectivity index (χ3n) is 5.25. The van der Waals surface area contributed by atoms with Crippen molar-refractivity contribution in [1.29, 1.82) is 5.26 Å². The van der Waals surface area contributed by atoms with Gasteiger partial charge in [0.1, 0.15) is 11.6 Å². The third-order valence-corrected chi connectivity index (χ3v) is 5.25. The van der Waals surface area contributed by atoms with Crippen molar-refractivity contribution in [3.05, 3.63) is 22.4 Å². The lowest BCUT2D eigenvalue weighted by Crippen LogP contribution is -2.43. The van der Waals surface area contributed by atoms with Crippen LogP contribution < -0.4 is 4.74 Å². The number of morpholine rings is 1. The van der Waals surface area contributed by atoms with Gasteiger partial charge in [0.15, 0.2) is 6.61 Å². The van der Waals surface area contributed by atoms with E-state index >= 15 is 0 Å². The second kappa shape index (κ2) is 8.89. The van der Waals surface area contributed by atoms with Gasteiger partial charge in [0.25, 0.3) is 5.91 Å². The van der Waals surface area contributed by atoms with E-state index in [4.69, 9.17) is 14.2 Å². The normalized spacial score (nSPS) is 18.3. The van der Waals surface area contributed by atoms with E-state index in [0.717, 1.165) is 36.1 Å². The zero-order chi connectivity index (χ0) is 20.1. The number of nitriles is 1. The molecule has 3 rings (SSSR count). The summed E-state index contributed by atoms with van der Waals surface area (Å²) in [6.07, 6.45) is 3.48. The average molecular weight is 387 g/mol. The second-order valence-electron chi connectivity index (χ2n) is 7.92. The predicted octanol–water partition coefficient (Wildman–Crippen LogP) is 2.38. The smallest absolute Gasteiger partial charge is 0.260 e. The molecule has 0 aromatic carbocycles. The number of carbonyl (C=O) groups is 1. The number of hydrogen-bond acceptors (Lipinski definition) is 6. The van der Waals surface area contributed by atoms with Crippen molar-refractivity contribution in [3.8, 4) is 11.9 Å². The van der Waals surface area contributed by atoms with E-state index in [1.807, 2.05) is 13.8 Å². The monoisotopic (exact) mass is 387 g/mol. The number of aryl methyl sites for hydroxylation is 1. The molecule has 152 valence electrons. The molecule has 1 aromatic heterocycles. The first-order valence-electron chi connectivity index (χ1n) is 10.0. The molecule has 0 bridgehead atoms. The molecule has 1 amide bonds. The fourth-order valence-corrected chi connectivity index (χ4v) is 3.61. The van der Waals surface area contributed by atoms with Crippen LogP contribution in [0.25, 0.3) is 0 Å². The molecular weight excluding hydrogens is 358 g/mol. The summed E-state index contributed by atoms with van der Waals surface area (Å²) in [6, 6.07) is 2.26. The molecule has 0 saturated carbocycles. The summed E-state index contributed by atoms with van der Waals surface area (Å²) in [6.45, 7) is 8.73. The van der Waals surface area contributed by atoms with Gasteiger partial charge in [0.2, 0.25) is 5.88 Å². The van der Waals surface area contributed by atoms with Crippen LogP contribution >= 0.6 is 0 Å². The number of ether oxygens (including phenoxy) is 3. The van der Waals surface area contributed by atoms with Gasteiger partial charge in [-0.2, -0.15) is 5.26 Å². The van der Waals surface area contributed by atoms with Crippen LogP contribution in [0.3, 0.4) is 0 Å². The zero-order valence-electron chi connectivity index (χ0n) is 17.0. The molecule has 1 saturated heterocycles. The maximum Gasteiger partial charge on any atom is 0.260 e. The Morgan fingerprint density at radius 1 is 1.32 bits per heavy atom. The fourth-order valence-electron chi connectivity index (χ4n) is 3.61. The number of rotatable bonds is 6. The number of amides is 1. The van der Waals surface area contributed by atoms with Crippen molar-refractivity contribution in [2.75, 3.05) is 32.9 Å². The summed E-state index contributed by atoms with van der Waals surface area (Å²) in [5.74, 6) is 0.164. The van der Waals surface area contributed by atoms with Gasteiger partial charge in [0.05, 0.1) is 31.1 Å². The van der Waals surface area contributed by atoms with E-state index in [1.54, 1.807) is 4.90 Å². The Labute approximate surface area is 166 Å². The Hall–Kier alpha value is -2.17. The van der Waals surface area contributed by atoms with Gasteiger partial charge in [-0.25, -0.2) is 4.98 Å². The van der Waals surface area contributed by atoms with Crippen LogP contribution in [-0.4, -0.2) is 54.3 Å². The molecule has 3 heterocycles. The van der Waals surface area contributed by atoms with Gasteiger partial charge >= 0.3 is 0 Å². The number of nitrogens with zero attached hydrogens (tertiary/aromatic N) is 3. The predicted molar refractivity (Wildman–Crippen MR) is 103 cm³/mol. The highest BCUT2D eigenvalue weighted by Gasteiger charge is 2.32. The zero-order valence-corrected chi connectivity index (χ0v) is 17.0. The topological polar surface area (TPSA) is 84.7 Å². The largest absolute Gasteiger partial charge is 0.467 e. The number of aromatic nitrogens is 1. The van der Waals surface area contributed by atoms with E-state index in [0.29, 0.717) is 44.9 Å². The highest BCUT2D eigenvalue weighted by Crippen LogP contribution is 2.35. The lowest BCUT2D eigenvalue weighted by molar-refractivity contribution is -0.137. The first-order chi connectivity index (χ1) is 13.4. The summed E-state index contributed by atoms with van der Waals surface area (Å²) in [5.41, 5.74) is 2.97. The molecule has 7 heteroatoms. The van der Waals surface area contributed by atoms with Crippen LogP contribution in [0.15, 0.2) is 0 Å². The van der Waals surface area contributed by atoms with Gasteiger partial charge in [-0.1, -0.05) is 13.3 Å². The Balaban J connectivity index is 1.87. The molecule has 1 aromatic rings. The number of pyridine rings is 1. The van der Waals surface area contributed by atoms with Crippen LogP contribution in [0.1, 0.15) is 56.0 Å². The van der Waals surface area contributed by atoms with Crippen molar-refractivity contribution >= 4 is 5.91 Å². The van der Waals surface area contributed by atoms with Gasteiger partial charge in [-0.15, -0.1) is 0 Å². The molecule has 28 heavy (non-hydrogen) atoms. The summed E-state index contributed by atoms with van der Waals surface area (Å²) < 4.78 is 17.0. The van der Waals surface area contributed by atoms with E-state index in [9.17, 15) is 10.1 Å².